The molecule has 0 bridgehead atoms. The number of sulfonamides is 1. The number of H-pyrrole nitrogens is 1. The lowest BCUT2D eigenvalue weighted by Crippen LogP contribution is -2.27. The summed E-state index contributed by atoms with van der Waals surface area (Å²) in [5.74, 6) is -0.689. The van der Waals surface area contributed by atoms with Crippen molar-refractivity contribution in [3.8, 4) is 0 Å². The fourth-order valence-electron chi connectivity index (χ4n) is 2.77. The Morgan fingerprint density at radius 2 is 2.17 bits per heavy atom. The van der Waals surface area contributed by atoms with Crippen LogP contribution in [0.25, 0.3) is 0 Å². The van der Waals surface area contributed by atoms with E-state index < -0.39 is 15.9 Å². The number of aromatic nitrogens is 1. The van der Waals surface area contributed by atoms with Gasteiger partial charge in [0.1, 0.15) is 16.4 Å². The van der Waals surface area contributed by atoms with Crippen molar-refractivity contribution >= 4 is 15.9 Å². The molecule has 23 heavy (non-hydrogen) atoms. The van der Waals surface area contributed by atoms with Crippen LogP contribution in [-0.4, -0.2) is 26.4 Å². The maximum absolute atomic E-state index is 13.7. The third-order valence-electron chi connectivity index (χ3n) is 4.00. The minimum Gasteiger partial charge on any atom is -0.356 e. The summed E-state index contributed by atoms with van der Waals surface area (Å²) in [6.45, 7) is 0. The van der Waals surface area contributed by atoms with Crippen molar-refractivity contribution in [2.45, 2.75) is 23.8 Å². The lowest BCUT2D eigenvalue weighted by Gasteiger charge is -2.13. The predicted molar refractivity (Wildman–Crippen MR) is 82.0 cm³/mol. The van der Waals surface area contributed by atoms with Crippen LogP contribution in [0.3, 0.4) is 0 Å². The van der Waals surface area contributed by atoms with E-state index in [4.69, 9.17) is 0 Å². The van der Waals surface area contributed by atoms with Gasteiger partial charge < -0.3 is 10.3 Å². The number of carbonyl (C=O) groups excluding carboxylic acids is 1. The van der Waals surface area contributed by atoms with Gasteiger partial charge >= 0.3 is 0 Å². The zero-order chi connectivity index (χ0) is 16.6. The van der Waals surface area contributed by atoms with Crippen molar-refractivity contribution < 1.29 is 17.6 Å². The smallest absolute Gasteiger partial charge is 0.268 e. The second-order valence-corrected chi connectivity index (χ2v) is 7.22. The highest BCUT2D eigenvalue weighted by Gasteiger charge is 2.27. The molecular weight excluding hydrogens is 321 g/mol. The first kappa shape index (κ1) is 15.7. The van der Waals surface area contributed by atoms with E-state index >= 15 is 0 Å². The Balaban J connectivity index is 1.78. The van der Waals surface area contributed by atoms with Crippen molar-refractivity contribution in [2.75, 3.05) is 7.05 Å². The van der Waals surface area contributed by atoms with Gasteiger partial charge in [-0.25, -0.2) is 17.5 Å². The third kappa shape index (κ3) is 2.87. The maximum Gasteiger partial charge on any atom is 0.268 e. The average Bonchev–Trinajstić information content (AvgIpc) is 3.16. The molecule has 0 aliphatic heterocycles. The van der Waals surface area contributed by atoms with Crippen LogP contribution in [-0.2, 0) is 16.4 Å². The van der Waals surface area contributed by atoms with E-state index in [1.807, 2.05) is 0 Å². The average molecular weight is 337 g/mol. The van der Waals surface area contributed by atoms with Crippen LogP contribution in [0.15, 0.2) is 35.4 Å². The number of nitrogens with one attached hydrogen (secondary N) is 3. The van der Waals surface area contributed by atoms with Gasteiger partial charge in [0, 0.05) is 6.20 Å². The van der Waals surface area contributed by atoms with Crippen molar-refractivity contribution in [2.24, 2.45) is 0 Å². The zero-order valence-corrected chi connectivity index (χ0v) is 13.2. The summed E-state index contributed by atoms with van der Waals surface area (Å²) in [4.78, 5) is 14.9. The standard InChI is InChI=1S/C15H16FN3O3S/c1-17-23(21,22)9-7-14(18-8-9)15(20)19-13-6-5-10-11(13)3-2-4-12(10)16/h2-4,7-8,13,17-18H,5-6H2,1H3,(H,19,20)/t13-/m1/s1. The number of fused-ring (bicyclic) bond motifs is 1. The Morgan fingerprint density at radius 3 is 2.91 bits per heavy atom. The summed E-state index contributed by atoms with van der Waals surface area (Å²) in [5, 5.41) is 2.81. The summed E-state index contributed by atoms with van der Waals surface area (Å²) in [5.41, 5.74) is 1.54. The van der Waals surface area contributed by atoms with E-state index in [-0.39, 0.29) is 22.4 Å². The summed E-state index contributed by atoms with van der Waals surface area (Å²) >= 11 is 0. The monoisotopic (exact) mass is 337 g/mol. The van der Waals surface area contributed by atoms with Crippen LogP contribution >= 0.6 is 0 Å². The summed E-state index contributed by atoms with van der Waals surface area (Å²) in [7, 11) is -2.31. The second kappa shape index (κ2) is 5.78. The van der Waals surface area contributed by atoms with Crippen molar-refractivity contribution in [1.82, 2.24) is 15.0 Å². The number of amides is 1. The molecule has 1 amide bonds. The molecule has 1 aliphatic carbocycles. The lowest BCUT2D eigenvalue weighted by atomic mass is 10.1. The van der Waals surface area contributed by atoms with Gasteiger partial charge in [-0.2, -0.15) is 0 Å². The van der Waals surface area contributed by atoms with Gasteiger partial charge in [-0.3, -0.25) is 4.79 Å². The van der Waals surface area contributed by atoms with Gasteiger partial charge in [0.2, 0.25) is 10.0 Å². The quantitative estimate of drug-likeness (QED) is 0.789. The summed E-state index contributed by atoms with van der Waals surface area (Å²) in [6.07, 6.45) is 2.43. The Hall–Kier alpha value is -2.19. The number of aromatic amines is 1. The SMILES string of the molecule is CNS(=O)(=O)c1c[nH]c(C(=O)N[C@@H]2CCc3c(F)cccc32)c1. The van der Waals surface area contributed by atoms with Crippen molar-refractivity contribution in [1.29, 1.82) is 0 Å². The number of carbonyl (C=O) groups is 1. The predicted octanol–water partition coefficient (Wildman–Crippen LogP) is 1.48. The summed E-state index contributed by atoms with van der Waals surface area (Å²) in [6, 6.07) is 5.80. The van der Waals surface area contributed by atoms with Gasteiger partial charge in [-0.15, -0.1) is 0 Å². The Morgan fingerprint density at radius 1 is 1.39 bits per heavy atom. The molecule has 6 nitrogen and oxygen atoms in total. The molecule has 122 valence electrons. The Bertz CT molecular complexity index is 861. The molecular formula is C15H16FN3O3S. The fraction of sp³-hybridized carbons (Fsp3) is 0.267. The van der Waals surface area contributed by atoms with E-state index in [0.29, 0.717) is 18.4 Å². The van der Waals surface area contributed by atoms with Crippen molar-refractivity contribution in [3.63, 3.8) is 0 Å². The minimum atomic E-state index is -3.60. The molecule has 1 atom stereocenters. The molecule has 1 aliphatic rings. The molecule has 0 spiro atoms. The molecule has 0 saturated heterocycles. The number of rotatable bonds is 4. The largest absolute Gasteiger partial charge is 0.356 e. The first-order valence-electron chi connectivity index (χ1n) is 7.12. The maximum atomic E-state index is 13.7. The first-order valence-corrected chi connectivity index (χ1v) is 8.61. The summed E-state index contributed by atoms with van der Waals surface area (Å²) < 4.78 is 39.2. The van der Waals surface area contributed by atoms with Gasteiger partial charge in [0.25, 0.3) is 5.91 Å². The van der Waals surface area contributed by atoms with E-state index in [2.05, 4.69) is 15.0 Å². The van der Waals surface area contributed by atoms with Gasteiger partial charge in [0.15, 0.2) is 0 Å². The zero-order valence-electron chi connectivity index (χ0n) is 12.4. The van der Waals surface area contributed by atoms with Crippen molar-refractivity contribution in [3.05, 3.63) is 53.1 Å². The highest BCUT2D eigenvalue weighted by molar-refractivity contribution is 7.89. The molecule has 0 radical (unpaired) electrons. The molecule has 3 N–H and O–H groups in total. The van der Waals surface area contributed by atoms with Crippen LogP contribution in [0.5, 0.6) is 0 Å². The molecule has 1 aromatic heterocycles. The molecule has 0 fully saturated rings. The van der Waals surface area contributed by atoms with Gasteiger partial charge in [-0.05, 0) is 43.1 Å². The van der Waals surface area contributed by atoms with Crippen LogP contribution in [0, 0.1) is 5.82 Å². The van der Waals surface area contributed by atoms with Crippen LogP contribution < -0.4 is 10.0 Å². The van der Waals surface area contributed by atoms with E-state index in [0.717, 1.165) is 5.56 Å². The molecule has 1 aromatic carbocycles. The van der Waals surface area contributed by atoms with Crippen LogP contribution in [0.1, 0.15) is 34.1 Å². The Labute approximate surface area is 133 Å². The van der Waals surface area contributed by atoms with Gasteiger partial charge in [-0.1, -0.05) is 12.1 Å². The molecule has 2 aromatic rings. The first-order chi connectivity index (χ1) is 10.9. The second-order valence-electron chi connectivity index (χ2n) is 5.33. The Kier molecular flexibility index (Phi) is 3.95. The van der Waals surface area contributed by atoms with Crippen LogP contribution in [0.4, 0.5) is 4.39 Å². The highest BCUT2D eigenvalue weighted by atomic mass is 32.2. The van der Waals surface area contributed by atoms with E-state index in [9.17, 15) is 17.6 Å². The van der Waals surface area contributed by atoms with Crippen LogP contribution in [0.2, 0.25) is 0 Å². The molecule has 8 heteroatoms. The lowest BCUT2D eigenvalue weighted by molar-refractivity contribution is 0.0932. The molecule has 0 unspecified atom stereocenters. The number of hydrogen-bond acceptors (Lipinski definition) is 3. The third-order valence-corrected chi connectivity index (χ3v) is 5.39. The number of benzene rings is 1. The molecule has 1 heterocycles. The normalized spacial score (nSPS) is 17.0. The number of hydrogen-bond donors (Lipinski definition) is 3. The fourth-order valence-corrected chi connectivity index (χ4v) is 3.50. The minimum absolute atomic E-state index is 0.0111. The van der Waals surface area contributed by atoms with Gasteiger partial charge in [0.05, 0.1) is 6.04 Å². The van der Waals surface area contributed by atoms with E-state index in [1.165, 1.54) is 25.4 Å². The molecule has 3 rings (SSSR count). The topological polar surface area (TPSA) is 91.1 Å². The number of halogens is 1. The van der Waals surface area contributed by atoms with E-state index in [1.54, 1.807) is 12.1 Å². The molecule has 0 saturated carbocycles. The highest BCUT2D eigenvalue weighted by Crippen LogP contribution is 2.32.